The molecule has 0 amide bonds. The van der Waals surface area contributed by atoms with Crippen molar-refractivity contribution in [3.8, 4) is 16.8 Å². The van der Waals surface area contributed by atoms with Gasteiger partial charge in [0, 0.05) is 16.5 Å². The molecule has 208 valence electrons. The number of fused-ring (bicyclic) bond motifs is 11. The van der Waals surface area contributed by atoms with Crippen LogP contribution >= 0.6 is 0 Å². The summed E-state index contributed by atoms with van der Waals surface area (Å²) >= 11 is 0. The van der Waals surface area contributed by atoms with Gasteiger partial charge in [0.2, 0.25) is 0 Å². The van der Waals surface area contributed by atoms with Gasteiger partial charge in [0.15, 0.2) is 0 Å². The first-order valence-corrected chi connectivity index (χ1v) is 15.6. The molecule has 0 aliphatic heterocycles. The summed E-state index contributed by atoms with van der Waals surface area (Å²) in [6, 6.07) is 60.3. The number of hydrogen-bond acceptors (Lipinski definition) is 0. The number of nitrogens with zero attached hydrogens (tertiary/aromatic N) is 1. The van der Waals surface area contributed by atoms with Gasteiger partial charge in [0.1, 0.15) is 0 Å². The van der Waals surface area contributed by atoms with Gasteiger partial charge < -0.3 is 4.57 Å². The van der Waals surface area contributed by atoms with Crippen LogP contribution in [-0.2, 0) is 0 Å². The Morgan fingerprint density at radius 3 is 1.69 bits per heavy atom. The molecule has 0 spiro atoms. The summed E-state index contributed by atoms with van der Waals surface area (Å²) in [4.78, 5) is 0. The van der Waals surface area contributed by atoms with E-state index in [1.54, 1.807) is 0 Å². The van der Waals surface area contributed by atoms with Crippen LogP contribution in [0.3, 0.4) is 0 Å². The van der Waals surface area contributed by atoms with Gasteiger partial charge in [-0.15, -0.1) is 0 Å². The lowest BCUT2D eigenvalue weighted by molar-refractivity contribution is 1.18. The van der Waals surface area contributed by atoms with E-state index in [-0.39, 0.29) is 0 Å². The Labute approximate surface area is 260 Å². The SMILES string of the molecule is c1ccc(-n2c3ccc4ccccc4c3c3c4ccccc4c(-c4c5ccccc5cc5c4ccc4ccccc45)cc32)cc1. The largest absolute Gasteiger partial charge is 0.309 e. The predicted molar refractivity (Wildman–Crippen MR) is 194 cm³/mol. The summed E-state index contributed by atoms with van der Waals surface area (Å²) in [5.74, 6) is 0. The number of benzene rings is 9. The molecule has 0 atom stereocenters. The fraction of sp³-hybridized carbons (Fsp3) is 0. The van der Waals surface area contributed by atoms with Gasteiger partial charge in [-0.25, -0.2) is 0 Å². The maximum absolute atomic E-state index is 2.47. The van der Waals surface area contributed by atoms with Crippen molar-refractivity contribution in [1.29, 1.82) is 0 Å². The molecule has 0 aliphatic rings. The summed E-state index contributed by atoms with van der Waals surface area (Å²) in [6.07, 6.45) is 0. The zero-order valence-electron chi connectivity index (χ0n) is 24.5. The molecule has 1 heteroatoms. The molecule has 0 bridgehead atoms. The molecule has 0 N–H and O–H groups in total. The van der Waals surface area contributed by atoms with Gasteiger partial charge in [0.25, 0.3) is 0 Å². The monoisotopic (exact) mass is 569 g/mol. The maximum atomic E-state index is 2.47. The van der Waals surface area contributed by atoms with Gasteiger partial charge >= 0.3 is 0 Å². The number of rotatable bonds is 2. The first kappa shape index (κ1) is 24.5. The van der Waals surface area contributed by atoms with E-state index < -0.39 is 0 Å². The second-order valence-corrected chi connectivity index (χ2v) is 12.1. The van der Waals surface area contributed by atoms with Crippen molar-refractivity contribution >= 4 is 75.7 Å². The standard InChI is InChI=1S/C44H27N/c1-2-15-31(16-3-1)45-40-25-23-29-13-5-8-18-33(29)43(40)44-36-21-11-10-20-35(36)39(27-41(44)45)42-34-19-9-6-14-30(34)26-38-32-17-7-4-12-28(32)22-24-37(38)42/h1-27H. The minimum Gasteiger partial charge on any atom is -0.309 e. The van der Waals surface area contributed by atoms with Gasteiger partial charge in [0.05, 0.1) is 11.0 Å². The molecule has 0 saturated carbocycles. The minimum atomic E-state index is 1.17. The Bertz CT molecular complexity index is 2800. The van der Waals surface area contributed by atoms with E-state index >= 15 is 0 Å². The van der Waals surface area contributed by atoms with Crippen LogP contribution in [0, 0.1) is 0 Å². The van der Waals surface area contributed by atoms with Crippen LogP contribution in [0.25, 0.3) is 92.5 Å². The Morgan fingerprint density at radius 1 is 0.311 bits per heavy atom. The zero-order valence-corrected chi connectivity index (χ0v) is 24.5. The smallest absolute Gasteiger partial charge is 0.0553 e. The van der Waals surface area contributed by atoms with E-state index in [1.165, 1.54) is 92.5 Å². The second kappa shape index (κ2) is 9.29. The van der Waals surface area contributed by atoms with E-state index in [2.05, 4.69) is 168 Å². The van der Waals surface area contributed by atoms with Crippen molar-refractivity contribution in [2.75, 3.05) is 0 Å². The van der Waals surface area contributed by atoms with Crippen LogP contribution in [0.2, 0.25) is 0 Å². The van der Waals surface area contributed by atoms with Crippen molar-refractivity contribution in [2.24, 2.45) is 0 Å². The van der Waals surface area contributed by atoms with E-state index in [9.17, 15) is 0 Å². The molecule has 45 heavy (non-hydrogen) atoms. The Kier molecular flexibility index (Phi) is 5.06. The third-order valence-corrected chi connectivity index (χ3v) is 9.72. The van der Waals surface area contributed by atoms with E-state index in [0.29, 0.717) is 0 Å². The van der Waals surface area contributed by atoms with Gasteiger partial charge in [-0.05, 0) is 95.3 Å². The van der Waals surface area contributed by atoms with Crippen LogP contribution in [0.1, 0.15) is 0 Å². The molecule has 1 aromatic heterocycles. The molecule has 1 heterocycles. The lowest BCUT2D eigenvalue weighted by atomic mass is 9.87. The number of para-hydroxylation sites is 1. The quantitative estimate of drug-likeness (QED) is 0.144. The highest BCUT2D eigenvalue weighted by Crippen LogP contribution is 2.47. The fourth-order valence-corrected chi connectivity index (χ4v) is 7.81. The van der Waals surface area contributed by atoms with Gasteiger partial charge in [-0.3, -0.25) is 0 Å². The summed E-state index contributed by atoms with van der Waals surface area (Å²) in [6.45, 7) is 0. The van der Waals surface area contributed by atoms with Crippen molar-refractivity contribution in [1.82, 2.24) is 4.57 Å². The van der Waals surface area contributed by atoms with E-state index in [1.807, 2.05) is 0 Å². The third-order valence-electron chi connectivity index (χ3n) is 9.72. The lowest BCUT2D eigenvalue weighted by Gasteiger charge is -2.17. The first-order valence-electron chi connectivity index (χ1n) is 15.6. The molecule has 10 aromatic rings. The molecule has 0 unspecified atom stereocenters. The minimum absolute atomic E-state index is 1.17. The third kappa shape index (κ3) is 3.44. The number of aromatic nitrogens is 1. The fourth-order valence-electron chi connectivity index (χ4n) is 7.81. The molecule has 0 aliphatic carbocycles. The Hall–Kier alpha value is -5.92. The van der Waals surface area contributed by atoms with Crippen LogP contribution in [0.5, 0.6) is 0 Å². The average Bonchev–Trinajstić information content (AvgIpc) is 3.45. The molecule has 10 rings (SSSR count). The van der Waals surface area contributed by atoms with E-state index in [4.69, 9.17) is 0 Å². The van der Waals surface area contributed by atoms with Crippen LogP contribution in [0.15, 0.2) is 164 Å². The highest BCUT2D eigenvalue weighted by molar-refractivity contribution is 6.32. The lowest BCUT2D eigenvalue weighted by Crippen LogP contribution is -1.94. The van der Waals surface area contributed by atoms with E-state index in [0.717, 1.165) is 0 Å². The molecule has 9 aromatic carbocycles. The summed E-state index contributed by atoms with van der Waals surface area (Å²) in [5.41, 5.74) is 6.18. The van der Waals surface area contributed by atoms with Gasteiger partial charge in [-0.1, -0.05) is 133 Å². The molecular formula is C44H27N. The maximum Gasteiger partial charge on any atom is 0.0553 e. The normalized spacial score (nSPS) is 12.0. The van der Waals surface area contributed by atoms with Crippen molar-refractivity contribution in [3.63, 3.8) is 0 Å². The summed E-state index contributed by atoms with van der Waals surface area (Å²) in [5, 5.41) is 15.4. The average molecular weight is 570 g/mol. The van der Waals surface area contributed by atoms with Crippen LogP contribution < -0.4 is 0 Å². The number of hydrogen-bond donors (Lipinski definition) is 0. The molecule has 0 fully saturated rings. The van der Waals surface area contributed by atoms with Crippen LogP contribution in [-0.4, -0.2) is 4.57 Å². The summed E-state index contributed by atoms with van der Waals surface area (Å²) in [7, 11) is 0. The van der Waals surface area contributed by atoms with Crippen molar-refractivity contribution < 1.29 is 0 Å². The van der Waals surface area contributed by atoms with Crippen molar-refractivity contribution in [3.05, 3.63) is 164 Å². The molecule has 1 nitrogen and oxygen atoms in total. The second-order valence-electron chi connectivity index (χ2n) is 12.1. The predicted octanol–water partition coefficient (Wildman–Crippen LogP) is 12.2. The summed E-state index contributed by atoms with van der Waals surface area (Å²) < 4.78 is 2.47. The zero-order chi connectivity index (χ0) is 29.5. The van der Waals surface area contributed by atoms with Gasteiger partial charge in [-0.2, -0.15) is 0 Å². The Morgan fingerprint density at radius 2 is 0.889 bits per heavy atom. The first-order chi connectivity index (χ1) is 22.3. The molecular weight excluding hydrogens is 542 g/mol. The van der Waals surface area contributed by atoms with Crippen molar-refractivity contribution in [2.45, 2.75) is 0 Å². The highest BCUT2D eigenvalue weighted by atomic mass is 15.0. The topological polar surface area (TPSA) is 4.93 Å². The van der Waals surface area contributed by atoms with Crippen LogP contribution in [0.4, 0.5) is 0 Å². The molecule has 0 saturated heterocycles. The Balaban J connectivity index is 1.47. The highest BCUT2D eigenvalue weighted by Gasteiger charge is 2.21. The molecule has 0 radical (unpaired) electrons.